The summed E-state index contributed by atoms with van der Waals surface area (Å²) in [6.07, 6.45) is 0.474. The van der Waals surface area contributed by atoms with Crippen LogP contribution in [-0.4, -0.2) is 0 Å². The SMILES string of the molecule is Cc1cc(OCc2ccc(F)cc2Cl)c2c(C)c(Cc3ccccc3)c(=O)oc2c1. The van der Waals surface area contributed by atoms with Crippen molar-refractivity contribution >= 4 is 22.6 Å². The van der Waals surface area contributed by atoms with Gasteiger partial charge in [-0.1, -0.05) is 48.0 Å². The van der Waals surface area contributed by atoms with Crippen molar-refractivity contribution in [1.82, 2.24) is 0 Å². The van der Waals surface area contributed by atoms with E-state index in [9.17, 15) is 9.18 Å². The Labute approximate surface area is 178 Å². The zero-order valence-electron chi connectivity index (χ0n) is 16.7. The van der Waals surface area contributed by atoms with Gasteiger partial charge in [-0.2, -0.15) is 0 Å². The molecule has 4 aromatic rings. The van der Waals surface area contributed by atoms with Crippen molar-refractivity contribution < 1.29 is 13.5 Å². The van der Waals surface area contributed by atoms with E-state index in [-0.39, 0.29) is 12.2 Å². The van der Waals surface area contributed by atoms with Gasteiger partial charge in [0.25, 0.3) is 0 Å². The number of hydrogen-bond donors (Lipinski definition) is 0. The van der Waals surface area contributed by atoms with Crippen molar-refractivity contribution in [2.45, 2.75) is 26.9 Å². The lowest BCUT2D eigenvalue weighted by Crippen LogP contribution is -2.11. The van der Waals surface area contributed by atoms with Gasteiger partial charge in [-0.15, -0.1) is 0 Å². The molecule has 0 aliphatic rings. The number of ether oxygens (including phenoxy) is 1. The summed E-state index contributed by atoms with van der Waals surface area (Å²) in [4.78, 5) is 12.7. The van der Waals surface area contributed by atoms with Crippen molar-refractivity contribution in [2.75, 3.05) is 0 Å². The topological polar surface area (TPSA) is 39.4 Å². The molecule has 0 spiro atoms. The molecule has 0 N–H and O–H groups in total. The molecule has 3 aromatic carbocycles. The smallest absolute Gasteiger partial charge is 0.340 e. The fourth-order valence-corrected chi connectivity index (χ4v) is 3.77. The third kappa shape index (κ3) is 4.10. The number of aryl methyl sites for hydroxylation is 2. The van der Waals surface area contributed by atoms with Crippen LogP contribution in [0, 0.1) is 19.7 Å². The number of rotatable bonds is 5. The van der Waals surface area contributed by atoms with Crippen molar-refractivity contribution in [2.24, 2.45) is 0 Å². The minimum Gasteiger partial charge on any atom is -0.488 e. The van der Waals surface area contributed by atoms with Gasteiger partial charge in [-0.05, 0) is 54.8 Å². The standard InChI is InChI=1S/C25H20ClFO3/c1-15-10-22(29-14-18-8-9-19(27)13-21(18)26)24-16(2)20(25(28)30-23(24)11-15)12-17-6-4-3-5-7-17/h3-11,13H,12,14H2,1-2H3. The monoisotopic (exact) mass is 422 g/mol. The van der Waals surface area contributed by atoms with E-state index < -0.39 is 5.82 Å². The highest BCUT2D eigenvalue weighted by Crippen LogP contribution is 2.32. The van der Waals surface area contributed by atoms with E-state index in [1.165, 1.54) is 12.1 Å². The molecule has 1 heterocycles. The van der Waals surface area contributed by atoms with E-state index in [0.717, 1.165) is 22.1 Å². The molecule has 1 aromatic heterocycles. The molecule has 152 valence electrons. The van der Waals surface area contributed by atoms with Crippen LogP contribution in [0.1, 0.15) is 27.8 Å². The summed E-state index contributed by atoms with van der Waals surface area (Å²) in [5, 5.41) is 1.06. The molecule has 0 amide bonds. The highest BCUT2D eigenvalue weighted by atomic mass is 35.5. The second-order valence-electron chi connectivity index (χ2n) is 7.32. The number of hydrogen-bond acceptors (Lipinski definition) is 3. The molecule has 0 radical (unpaired) electrons. The molecule has 0 fully saturated rings. The molecule has 0 saturated carbocycles. The maximum Gasteiger partial charge on any atom is 0.340 e. The van der Waals surface area contributed by atoms with Gasteiger partial charge in [0.05, 0.1) is 10.4 Å². The molecule has 0 aliphatic heterocycles. The molecule has 3 nitrogen and oxygen atoms in total. The Kier molecular flexibility index (Phi) is 5.60. The molecular weight excluding hydrogens is 403 g/mol. The predicted octanol–water partition coefficient (Wildman–Crippen LogP) is 6.37. The summed E-state index contributed by atoms with van der Waals surface area (Å²) in [7, 11) is 0. The average molecular weight is 423 g/mol. The Hall–Kier alpha value is -3.11. The van der Waals surface area contributed by atoms with Crippen LogP contribution in [0.15, 0.2) is 69.9 Å². The second kappa shape index (κ2) is 8.33. The first kappa shape index (κ1) is 20.2. The molecule has 0 aliphatic carbocycles. The first-order chi connectivity index (χ1) is 14.4. The van der Waals surface area contributed by atoms with Crippen molar-refractivity contribution in [3.63, 3.8) is 0 Å². The summed E-state index contributed by atoms with van der Waals surface area (Å²) in [6, 6.07) is 17.7. The molecule has 30 heavy (non-hydrogen) atoms. The lowest BCUT2D eigenvalue weighted by Gasteiger charge is -2.14. The van der Waals surface area contributed by atoms with Gasteiger partial charge in [0, 0.05) is 17.5 Å². The van der Waals surface area contributed by atoms with Crippen molar-refractivity contribution in [1.29, 1.82) is 0 Å². The van der Waals surface area contributed by atoms with E-state index in [2.05, 4.69) is 0 Å². The van der Waals surface area contributed by atoms with Crippen molar-refractivity contribution in [3.05, 3.63) is 110 Å². The number of halogens is 2. The highest BCUT2D eigenvalue weighted by Gasteiger charge is 2.17. The summed E-state index contributed by atoms with van der Waals surface area (Å²) in [5.41, 5.74) is 4.16. The third-order valence-electron chi connectivity index (χ3n) is 5.11. The van der Waals surface area contributed by atoms with Crippen LogP contribution in [0.25, 0.3) is 11.0 Å². The third-order valence-corrected chi connectivity index (χ3v) is 5.46. The first-order valence-electron chi connectivity index (χ1n) is 9.60. The van der Waals surface area contributed by atoms with Gasteiger partial charge in [-0.25, -0.2) is 9.18 Å². The van der Waals surface area contributed by atoms with E-state index in [0.29, 0.717) is 33.9 Å². The maximum atomic E-state index is 13.3. The predicted molar refractivity (Wildman–Crippen MR) is 117 cm³/mol. The summed E-state index contributed by atoms with van der Waals surface area (Å²) < 4.78 is 25.0. The first-order valence-corrected chi connectivity index (χ1v) is 9.98. The van der Waals surface area contributed by atoms with Crippen LogP contribution in [0.3, 0.4) is 0 Å². The van der Waals surface area contributed by atoms with Crippen molar-refractivity contribution in [3.8, 4) is 5.75 Å². The van der Waals surface area contributed by atoms with Gasteiger partial charge in [0.2, 0.25) is 0 Å². The van der Waals surface area contributed by atoms with Crippen LogP contribution in [0.2, 0.25) is 5.02 Å². The van der Waals surface area contributed by atoms with E-state index in [1.54, 1.807) is 6.07 Å². The maximum absolute atomic E-state index is 13.3. The molecule has 0 atom stereocenters. The minimum absolute atomic E-state index is 0.171. The van der Waals surface area contributed by atoms with Crippen LogP contribution in [0.4, 0.5) is 4.39 Å². The summed E-state index contributed by atoms with van der Waals surface area (Å²) in [5.74, 6) is 0.203. The second-order valence-corrected chi connectivity index (χ2v) is 7.72. The zero-order valence-corrected chi connectivity index (χ0v) is 17.4. The van der Waals surface area contributed by atoms with Crippen LogP contribution < -0.4 is 10.4 Å². The molecular formula is C25H20ClFO3. The molecule has 4 rings (SSSR count). The Morgan fingerprint density at radius 2 is 1.80 bits per heavy atom. The number of benzene rings is 3. The molecule has 5 heteroatoms. The van der Waals surface area contributed by atoms with Gasteiger partial charge in [0.1, 0.15) is 23.8 Å². The lowest BCUT2D eigenvalue weighted by molar-refractivity contribution is 0.309. The van der Waals surface area contributed by atoms with E-state index >= 15 is 0 Å². The van der Waals surface area contributed by atoms with Gasteiger partial charge in [0.15, 0.2) is 0 Å². The molecule has 0 saturated heterocycles. The Balaban J connectivity index is 1.77. The summed E-state index contributed by atoms with van der Waals surface area (Å²) >= 11 is 6.13. The highest BCUT2D eigenvalue weighted by molar-refractivity contribution is 6.31. The van der Waals surface area contributed by atoms with E-state index in [1.807, 2.05) is 56.3 Å². The van der Waals surface area contributed by atoms with Crippen LogP contribution in [-0.2, 0) is 13.0 Å². The Bertz CT molecular complexity index is 1280. The van der Waals surface area contributed by atoms with Crippen LogP contribution in [0.5, 0.6) is 5.75 Å². The quantitative estimate of drug-likeness (QED) is 0.351. The fourth-order valence-electron chi connectivity index (χ4n) is 3.55. The lowest BCUT2D eigenvalue weighted by atomic mass is 9.98. The van der Waals surface area contributed by atoms with E-state index in [4.69, 9.17) is 20.8 Å². The summed E-state index contributed by atoms with van der Waals surface area (Å²) in [6.45, 7) is 3.99. The molecule has 0 unspecified atom stereocenters. The zero-order chi connectivity index (χ0) is 21.3. The Morgan fingerprint density at radius 1 is 1.03 bits per heavy atom. The minimum atomic E-state index is -0.395. The normalized spacial score (nSPS) is 11.1. The van der Waals surface area contributed by atoms with Gasteiger partial charge in [-0.3, -0.25) is 0 Å². The fraction of sp³-hybridized carbons (Fsp3) is 0.160. The molecule has 0 bridgehead atoms. The van der Waals surface area contributed by atoms with Gasteiger partial charge < -0.3 is 9.15 Å². The Morgan fingerprint density at radius 3 is 2.53 bits per heavy atom. The largest absolute Gasteiger partial charge is 0.488 e. The average Bonchev–Trinajstić information content (AvgIpc) is 2.70. The van der Waals surface area contributed by atoms with Crippen LogP contribution >= 0.6 is 11.6 Å². The van der Waals surface area contributed by atoms with Gasteiger partial charge >= 0.3 is 5.63 Å². The number of fused-ring (bicyclic) bond motifs is 1.